The molecular formula is C13H12F3N3O. The molecule has 0 aliphatic heterocycles. The van der Waals surface area contributed by atoms with Crippen LogP contribution in [-0.2, 0) is 13.2 Å². The first kappa shape index (κ1) is 14.1. The van der Waals surface area contributed by atoms with Gasteiger partial charge < -0.3 is 5.32 Å². The minimum atomic E-state index is -4.41. The molecule has 1 aromatic carbocycles. The number of anilines is 1. The fourth-order valence-corrected chi connectivity index (χ4v) is 1.72. The number of aromatic nitrogens is 2. The Morgan fingerprint density at radius 1 is 1.25 bits per heavy atom. The summed E-state index contributed by atoms with van der Waals surface area (Å²) in [7, 11) is 1.71. The maximum absolute atomic E-state index is 12.4. The minimum absolute atomic E-state index is 0.142. The predicted octanol–water partition coefficient (Wildman–Crippen LogP) is 3.00. The summed E-state index contributed by atoms with van der Waals surface area (Å²) in [5, 5.41) is 6.59. The Kier molecular flexibility index (Phi) is 3.52. The van der Waals surface area contributed by atoms with E-state index in [9.17, 15) is 18.0 Å². The van der Waals surface area contributed by atoms with Crippen molar-refractivity contribution in [2.75, 3.05) is 5.32 Å². The Morgan fingerprint density at radius 2 is 1.85 bits per heavy atom. The highest BCUT2D eigenvalue weighted by molar-refractivity contribution is 6.04. The Labute approximate surface area is 113 Å². The third-order valence-corrected chi connectivity index (χ3v) is 2.72. The van der Waals surface area contributed by atoms with Crippen LogP contribution in [0.2, 0.25) is 0 Å². The fourth-order valence-electron chi connectivity index (χ4n) is 1.72. The number of nitrogens with zero attached hydrogens (tertiary/aromatic N) is 2. The van der Waals surface area contributed by atoms with E-state index in [2.05, 4.69) is 10.4 Å². The van der Waals surface area contributed by atoms with Crippen molar-refractivity contribution in [3.05, 3.63) is 47.2 Å². The highest BCUT2D eigenvalue weighted by Gasteiger charge is 2.30. The van der Waals surface area contributed by atoms with Crippen molar-refractivity contribution in [1.29, 1.82) is 0 Å². The lowest BCUT2D eigenvalue weighted by molar-refractivity contribution is -0.137. The van der Waals surface area contributed by atoms with E-state index in [0.29, 0.717) is 5.82 Å². The Balaban J connectivity index is 2.16. The second kappa shape index (κ2) is 4.99. The molecule has 0 atom stereocenters. The predicted molar refractivity (Wildman–Crippen MR) is 67.3 cm³/mol. The number of carbonyl (C=O) groups is 1. The molecule has 1 aromatic heterocycles. The monoisotopic (exact) mass is 283 g/mol. The summed E-state index contributed by atoms with van der Waals surface area (Å²) in [6.45, 7) is 1.77. The van der Waals surface area contributed by atoms with Crippen molar-refractivity contribution in [2.45, 2.75) is 13.1 Å². The number of benzene rings is 1. The van der Waals surface area contributed by atoms with Crippen LogP contribution in [-0.4, -0.2) is 15.7 Å². The van der Waals surface area contributed by atoms with Gasteiger partial charge in [0.1, 0.15) is 0 Å². The molecule has 106 valence electrons. The average Bonchev–Trinajstić information content (AvgIpc) is 2.67. The van der Waals surface area contributed by atoms with Crippen molar-refractivity contribution < 1.29 is 18.0 Å². The van der Waals surface area contributed by atoms with E-state index in [1.165, 1.54) is 4.68 Å². The normalized spacial score (nSPS) is 11.4. The van der Waals surface area contributed by atoms with Crippen LogP contribution in [0.15, 0.2) is 30.5 Å². The van der Waals surface area contributed by atoms with Gasteiger partial charge in [-0.2, -0.15) is 18.3 Å². The summed E-state index contributed by atoms with van der Waals surface area (Å²) < 4.78 is 38.8. The molecule has 0 aliphatic carbocycles. The third-order valence-electron chi connectivity index (χ3n) is 2.72. The van der Waals surface area contributed by atoms with Gasteiger partial charge in [-0.25, -0.2) is 0 Å². The largest absolute Gasteiger partial charge is 0.416 e. The van der Waals surface area contributed by atoms with Gasteiger partial charge in [-0.1, -0.05) is 0 Å². The number of hydrogen-bond acceptors (Lipinski definition) is 2. The first-order chi connectivity index (χ1) is 9.27. The van der Waals surface area contributed by atoms with Crippen LogP contribution < -0.4 is 5.32 Å². The summed E-state index contributed by atoms with van der Waals surface area (Å²) >= 11 is 0. The van der Waals surface area contributed by atoms with Crippen LogP contribution in [0, 0.1) is 6.92 Å². The van der Waals surface area contributed by atoms with Gasteiger partial charge in [0.15, 0.2) is 5.82 Å². The van der Waals surface area contributed by atoms with E-state index in [1.807, 2.05) is 0 Å². The molecule has 0 bridgehead atoms. The Morgan fingerprint density at radius 3 is 2.30 bits per heavy atom. The lowest BCUT2D eigenvalue weighted by Gasteiger charge is -2.07. The molecule has 0 fully saturated rings. The SMILES string of the molecule is Cc1cn(C)nc1NC(=O)c1ccc(C(F)(F)F)cc1. The molecule has 4 nitrogen and oxygen atoms in total. The molecule has 2 rings (SSSR count). The molecule has 7 heteroatoms. The lowest BCUT2D eigenvalue weighted by Crippen LogP contribution is -2.14. The molecule has 0 saturated carbocycles. The van der Waals surface area contributed by atoms with Gasteiger partial charge in [-0.05, 0) is 31.2 Å². The topological polar surface area (TPSA) is 46.9 Å². The zero-order valence-corrected chi connectivity index (χ0v) is 10.8. The van der Waals surface area contributed by atoms with E-state index < -0.39 is 17.6 Å². The van der Waals surface area contributed by atoms with Crippen molar-refractivity contribution in [3.8, 4) is 0 Å². The van der Waals surface area contributed by atoms with Crippen molar-refractivity contribution >= 4 is 11.7 Å². The first-order valence-electron chi connectivity index (χ1n) is 5.76. The summed E-state index contributed by atoms with van der Waals surface area (Å²) in [6, 6.07) is 4.02. The summed E-state index contributed by atoms with van der Waals surface area (Å²) in [5.74, 6) is -0.113. The molecule has 0 spiro atoms. The highest BCUT2D eigenvalue weighted by atomic mass is 19.4. The molecule has 20 heavy (non-hydrogen) atoms. The van der Waals surface area contributed by atoms with Crippen LogP contribution in [0.25, 0.3) is 0 Å². The Hall–Kier alpha value is -2.31. The molecular weight excluding hydrogens is 271 g/mol. The van der Waals surface area contributed by atoms with Crippen LogP contribution >= 0.6 is 0 Å². The third kappa shape index (κ3) is 2.98. The number of hydrogen-bond donors (Lipinski definition) is 1. The van der Waals surface area contributed by atoms with Crippen molar-refractivity contribution in [3.63, 3.8) is 0 Å². The van der Waals surface area contributed by atoms with Crippen LogP contribution in [0.1, 0.15) is 21.5 Å². The van der Waals surface area contributed by atoms with Gasteiger partial charge in [0.2, 0.25) is 0 Å². The number of amides is 1. The molecule has 1 N–H and O–H groups in total. The second-order valence-corrected chi connectivity index (χ2v) is 4.36. The van der Waals surface area contributed by atoms with E-state index in [4.69, 9.17) is 0 Å². The Bertz CT molecular complexity index is 629. The number of carbonyl (C=O) groups excluding carboxylic acids is 1. The van der Waals surface area contributed by atoms with E-state index in [-0.39, 0.29) is 5.56 Å². The smallest absolute Gasteiger partial charge is 0.305 e. The van der Waals surface area contributed by atoms with Crippen LogP contribution in [0.4, 0.5) is 19.0 Å². The van der Waals surface area contributed by atoms with Crippen molar-refractivity contribution in [1.82, 2.24) is 9.78 Å². The molecule has 1 heterocycles. The summed E-state index contributed by atoms with van der Waals surface area (Å²) in [5.41, 5.74) is 0.124. The van der Waals surface area contributed by atoms with Gasteiger partial charge >= 0.3 is 6.18 Å². The molecule has 0 saturated heterocycles. The molecule has 2 aromatic rings. The second-order valence-electron chi connectivity index (χ2n) is 4.36. The highest BCUT2D eigenvalue weighted by Crippen LogP contribution is 2.29. The van der Waals surface area contributed by atoms with Gasteiger partial charge in [-0.15, -0.1) is 0 Å². The maximum Gasteiger partial charge on any atom is 0.416 e. The van der Waals surface area contributed by atoms with E-state index >= 15 is 0 Å². The molecule has 0 aliphatic rings. The van der Waals surface area contributed by atoms with Gasteiger partial charge in [0.05, 0.1) is 5.56 Å². The average molecular weight is 283 g/mol. The number of aryl methyl sites for hydroxylation is 2. The number of rotatable bonds is 2. The molecule has 0 radical (unpaired) electrons. The first-order valence-corrected chi connectivity index (χ1v) is 5.76. The molecule has 0 unspecified atom stereocenters. The van der Waals surface area contributed by atoms with E-state index in [1.54, 1.807) is 20.2 Å². The van der Waals surface area contributed by atoms with Gasteiger partial charge in [0, 0.05) is 24.4 Å². The minimum Gasteiger partial charge on any atom is -0.305 e. The number of halogens is 3. The van der Waals surface area contributed by atoms with Gasteiger partial charge in [-0.3, -0.25) is 9.48 Å². The quantitative estimate of drug-likeness (QED) is 0.921. The lowest BCUT2D eigenvalue weighted by atomic mass is 10.1. The molecule has 1 amide bonds. The number of alkyl halides is 3. The number of nitrogens with one attached hydrogen (secondary N) is 1. The van der Waals surface area contributed by atoms with Crippen molar-refractivity contribution in [2.24, 2.45) is 7.05 Å². The zero-order chi connectivity index (χ0) is 14.9. The fraction of sp³-hybridized carbons (Fsp3) is 0.231. The summed E-state index contributed by atoms with van der Waals surface area (Å²) in [4.78, 5) is 11.9. The zero-order valence-electron chi connectivity index (χ0n) is 10.8. The maximum atomic E-state index is 12.4. The van der Waals surface area contributed by atoms with Crippen LogP contribution in [0.5, 0.6) is 0 Å². The van der Waals surface area contributed by atoms with Crippen LogP contribution in [0.3, 0.4) is 0 Å². The van der Waals surface area contributed by atoms with E-state index in [0.717, 1.165) is 29.8 Å². The summed E-state index contributed by atoms with van der Waals surface area (Å²) in [6.07, 6.45) is -2.69. The van der Waals surface area contributed by atoms with Gasteiger partial charge in [0.25, 0.3) is 5.91 Å². The standard InChI is InChI=1S/C13H12F3N3O/c1-8-7-19(2)18-11(8)17-12(20)9-3-5-10(6-4-9)13(14,15)16/h3-7H,1-2H3,(H,17,18,20).